The highest BCUT2D eigenvalue weighted by Crippen LogP contribution is 2.38. The number of nitrogen functional groups attached to an aromatic ring is 2. The van der Waals surface area contributed by atoms with Crippen LogP contribution in [0.4, 0.5) is 22.7 Å². The van der Waals surface area contributed by atoms with Gasteiger partial charge in [-0.25, -0.2) is 9.80 Å². The third-order valence-electron chi connectivity index (χ3n) is 8.13. The van der Waals surface area contributed by atoms with Gasteiger partial charge in [-0.3, -0.25) is 19.2 Å². The lowest BCUT2D eigenvalue weighted by Gasteiger charge is -2.16. The number of imide groups is 2. The van der Waals surface area contributed by atoms with Gasteiger partial charge in [0, 0.05) is 12.1 Å². The number of fused-ring (bicyclic) bond motifs is 2. The Morgan fingerprint density at radius 1 is 0.522 bits per heavy atom. The maximum absolute atomic E-state index is 13.6. The topological polar surface area (TPSA) is 145 Å². The highest BCUT2D eigenvalue weighted by molar-refractivity contribution is 6.35. The van der Waals surface area contributed by atoms with E-state index in [9.17, 15) is 19.2 Å². The van der Waals surface area contributed by atoms with Gasteiger partial charge in [0.05, 0.1) is 58.2 Å². The van der Waals surface area contributed by atoms with Crippen molar-refractivity contribution in [1.29, 1.82) is 0 Å². The molecule has 2 heterocycles. The summed E-state index contributed by atoms with van der Waals surface area (Å²) in [6.07, 6.45) is 3.59. The van der Waals surface area contributed by atoms with Crippen LogP contribution in [-0.2, 0) is 0 Å². The normalized spacial score (nSPS) is 13.8. The Bertz CT molecular complexity index is 1760. The molecule has 0 bridgehead atoms. The van der Waals surface area contributed by atoms with Gasteiger partial charge < -0.3 is 20.9 Å². The number of nitrogens with zero attached hydrogens (tertiary/aromatic N) is 2. The lowest BCUT2D eigenvalue weighted by molar-refractivity contribution is 0.0910. The second-order valence-electron chi connectivity index (χ2n) is 11.3. The van der Waals surface area contributed by atoms with E-state index in [0.717, 1.165) is 35.5 Å². The summed E-state index contributed by atoms with van der Waals surface area (Å²) in [4.78, 5) is 56.1. The first-order valence-corrected chi connectivity index (χ1v) is 15.3. The van der Waals surface area contributed by atoms with Crippen molar-refractivity contribution in [1.82, 2.24) is 0 Å². The number of hydrogen-bond acceptors (Lipinski definition) is 8. The molecular weight excluding hydrogens is 584 g/mol. The number of ether oxygens (including phenoxy) is 2. The van der Waals surface area contributed by atoms with Crippen molar-refractivity contribution in [3.8, 4) is 22.6 Å². The summed E-state index contributed by atoms with van der Waals surface area (Å²) in [7, 11) is 0. The number of benzene rings is 4. The van der Waals surface area contributed by atoms with E-state index in [1.807, 2.05) is 13.8 Å². The van der Waals surface area contributed by atoms with Crippen molar-refractivity contribution in [2.24, 2.45) is 0 Å². The molecule has 0 saturated carbocycles. The van der Waals surface area contributed by atoms with Crippen molar-refractivity contribution in [2.75, 3.05) is 34.5 Å². The van der Waals surface area contributed by atoms with Crippen LogP contribution in [0.5, 0.6) is 11.5 Å². The van der Waals surface area contributed by atoms with E-state index in [1.54, 1.807) is 72.8 Å². The number of amides is 4. The molecule has 46 heavy (non-hydrogen) atoms. The number of carbonyl (C=O) groups is 4. The van der Waals surface area contributed by atoms with Crippen LogP contribution in [0.15, 0.2) is 72.8 Å². The quantitative estimate of drug-likeness (QED) is 0.110. The van der Waals surface area contributed by atoms with E-state index >= 15 is 0 Å². The number of unbranched alkanes of at least 4 members (excludes halogenated alkanes) is 2. The molecule has 0 spiro atoms. The van der Waals surface area contributed by atoms with E-state index in [1.165, 1.54) is 0 Å². The predicted octanol–water partition coefficient (Wildman–Crippen LogP) is 6.48. The van der Waals surface area contributed by atoms with Crippen LogP contribution in [0, 0.1) is 0 Å². The fourth-order valence-corrected chi connectivity index (χ4v) is 5.54. The zero-order valence-electron chi connectivity index (χ0n) is 25.7. The number of rotatable bonds is 11. The molecule has 4 N–H and O–H groups in total. The van der Waals surface area contributed by atoms with Gasteiger partial charge in [-0.1, -0.05) is 38.8 Å². The Morgan fingerprint density at radius 2 is 0.913 bits per heavy atom. The van der Waals surface area contributed by atoms with E-state index in [0.29, 0.717) is 58.6 Å². The lowest BCUT2D eigenvalue weighted by Crippen LogP contribution is -2.29. The minimum Gasteiger partial charge on any atom is -0.491 e. The minimum atomic E-state index is -0.481. The highest BCUT2D eigenvalue weighted by atomic mass is 16.5. The van der Waals surface area contributed by atoms with Gasteiger partial charge in [0.1, 0.15) is 11.5 Å². The first kappa shape index (κ1) is 30.4. The number of nitrogens with two attached hydrogens (primary N) is 2. The molecule has 2 aliphatic rings. The molecular formula is C36H34N4O6. The smallest absolute Gasteiger partial charge is 0.266 e. The first-order chi connectivity index (χ1) is 22.2. The summed E-state index contributed by atoms with van der Waals surface area (Å²) >= 11 is 0. The summed E-state index contributed by atoms with van der Waals surface area (Å²) in [5.41, 5.74) is 15.9. The average molecular weight is 619 g/mol. The highest BCUT2D eigenvalue weighted by Gasteiger charge is 2.39. The molecule has 0 fully saturated rings. The van der Waals surface area contributed by atoms with Crippen LogP contribution in [0.3, 0.4) is 0 Å². The molecule has 10 heteroatoms. The largest absolute Gasteiger partial charge is 0.491 e. The van der Waals surface area contributed by atoms with Crippen LogP contribution >= 0.6 is 0 Å². The monoisotopic (exact) mass is 618 g/mol. The third kappa shape index (κ3) is 5.32. The van der Waals surface area contributed by atoms with Gasteiger partial charge >= 0.3 is 0 Å². The third-order valence-corrected chi connectivity index (χ3v) is 8.13. The Hall–Kier alpha value is -5.64. The standard InChI is InChI=1S/C36H34N4O6/c1-3-5-15-45-31-19-23(9-13-29(31)37)39-33(41)25-11-7-21(17-27(25)35(39)43)22-8-12-26-28(18-22)36(44)40(34(26)42)24-10-14-30(38)32(20-24)46-16-6-4-2/h7-14,17-20H,3-6,15-16,37-38H2,1-2H3. The Morgan fingerprint density at radius 3 is 1.30 bits per heavy atom. The zero-order valence-corrected chi connectivity index (χ0v) is 25.7. The van der Waals surface area contributed by atoms with Crippen LogP contribution in [-0.4, -0.2) is 36.8 Å². The van der Waals surface area contributed by atoms with Crippen molar-refractivity contribution in [3.63, 3.8) is 0 Å². The molecule has 4 aromatic carbocycles. The molecule has 0 unspecified atom stereocenters. The second-order valence-corrected chi connectivity index (χ2v) is 11.3. The molecule has 234 valence electrons. The number of anilines is 4. The summed E-state index contributed by atoms with van der Waals surface area (Å²) < 4.78 is 11.6. The summed E-state index contributed by atoms with van der Waals surface area (Å²) in [5, 5.41) is 0. The lowest BCUT2D eigenvalue weighted by atomic mass is 9.97. The molecule has 6 rings (SSSR count). The predicted molar refractivity (Wildman–Crippen MR) is 177 cm³/mol. The minimum absolute atomic E-state index is 0.231. The molecule has 0 radical (unpaired) electrons. The van der Waals surface area contributed by atoms with Crippen LogP contribution in [0.1, 0.15) is 81.0 Å². The van der Waals surface area contributed by atoms with E-state index in [-0.39, 0.29) is 22.3 Å². The van der Waals surface area contributed by atoms with Gasteiger partial charge in [0.2, 0.25) is 0 Å². The summed E-state index contributed by atoms with van der Waals surface area (Å²) in [5.74, 6) is -1.05. The van der Waals surface area contributed by atoms with Gasteiger partial charge in [0.25, 0.3) is 23.6 Å². The first-order valence-electron chi connectivity index (χ1n) is 15.3. The Labute approximate surface area is 266 Å². The second kappa shape index (κ2) is 12.4. The van der Waals surface area contributed by atoms with E-state index in [4.69, 9.17) is 20.9 Å². The maximum atomic E-state index is 13.6. The molecule has 0 aliphatic carbocycles. The molecule has 0 atom stereocenters. The molecule has 0 aromatic heterocycles. The molecule has 0 saturated heterocycles. The van der Waals surface area contributed by atoms with Crippen molar-refractivity contribution < 1.29 is 28.7 Å². The van der Waals surface area contributed by atoms with Crippen molar-refractivity contribution >= 4 is 46.4 Å². The zero-order chi connectivity index (χ0) is 32.5. The summed E-state index contributed by atoms with van der Waals surface area (Å²) in [6, 6.07) is 19.6. The van der Waals surface area contributed by atoms with Crippen LogP contribution in [0.25, 0.3) is 11.1 Å². The van der Waals surface area contributed by atoms with Gasteiger partial charge in [0.15, 0.2) is 0 Å². The average Bonchev–Trinajstić information content (AvgIpc) is 3.46. The number of carbonyl (C=O) groups excluding carboxylic acids is 4. The van der Waals surface area contributed by atoms with Gasteiger partial charge in [-0.15, -0.1) is 0 Å². The number of hydrogen-bond donors (Lipinski definition) is 2. The molecule has 10 nitrogen and oxygen atoms in total. The van der Waals surface area contributed by atoms with Crippen LogP contribution in [0.2, 0.25) is 0 Å². The van der Waals surface area contributed by atoms with Crippen molar-refractivity contribution in [3.05, 3.63) is 95.1 Å². The fourth-order valence-electron chi connectivity index (χ4n) is 5.54. The maximum Gasteiger partial charge on any atom is 0.266 e. The van der Waals surface area contributed by atoms with E-state index in [2.05, 4.69) is 0 Å². The Kier molecular flexibility index (Phi) is 8.19. The van der Waals surface area contributed by atoms with Crippen LogP contribution < -0.4 is 30.7 Å². The van der Waals surface area contributed by atoms with E-state index < -0.39 is 23.6 Å². The fraction of sp³-hybridized carbons (Fsp3) is 0.222. The van der Waals surface area contributed by atoms with Gasteiger partial charge in [-0.05, 0) is 72.5 Å². The summed E-state index contributed by atoms with van der Waals surface area (Å²) in [6.45, 7) is 5.03. The molecule has 4 amide bonds. The molecule has 4 aromatic rings. The van der Waals surface area contributed by atoms with Gasteiger partial charge in [-0.2, -0.15) is 0 Å². The molecule has 2 aliphatic heterocycles. The Balaban J connectivity index is 1.27. The van der Waals surface area contributed by atoms with Crippen molar-refractivity contribution in [2.45, 2.75) is 39.5 Å². The SMILES string of the molecule is CCCCOc1cc(N2C(=O)c3ccc(-c4ccc5c(c4)C(=O)N(c4ccc(N)c(OCCCC)c4)C5=O)cc3C2=O)ccc1N.